The van der Waals surface area contributed by atoms with Crippen LogP contribution in [0.25, 0.3) is 0 Å². The zero-order chi connectivity index (χ0) is 18.6. The van der Waals surface area contributed by atoms with E-state index in [0.717, 1.165) is 31.7 Å². The maximum absolute atomic E-state index is 12.3. The van der Waals surface area contributed by atoms with Crippen LogP contribution in [0.1, 0.15) is 34.3 Å². The average molecular weight is 364 g/mol. The van der Waals surface area contributed by atoms with Gasteiger partial charge in [0.25, 0.3) is 5.91 Å². The third-order valence-corrected chi connectivity index (χ3v) is 5.00. The summed E-state index contributed by atoms with van der Waals surface area (Å²) in [4.78, 5) is 19.1. The molecule has 140 valence electrons. The van der Waals surface area contributed by atoms with Gasteiger partial charge in [-0.3, -0.25) is 19.4 Å². The van der Waals surface area contributed by atoms with Crippen molar-refractivity contribution in [2.75, 3.05) is 13.1 Å². The molecule has 27 heavy (non-hydrogen) atoms. The highest BCUT2D eigenvalue weighted by atomic mass is 16.1. The van der Waals surface area contributed by atoms with Gasteiger partial charge in [-0.15, -0.1) is 0 Å². The molecule has 1 amide bonds. The summed E-state index contributed by atoms with van der Waals surface area (Å²) in [5, 5.41) is 7.53. The molecule has 1 atom stereocenters. The number of hydrogen-bond acceptors (Lipinski definition) is 4. The lowest BCUT2D eigenvalue weighted by Crippen LogP contribution is -2.39. The standard InChI is InChI=1S/C20H24N6O/c1-24-12-4-6-19(24)20(27)22-10-7-17-14-25(13-16-5-2-3-9-21-16)15-18-8-11-23-26(17)18/h2-6,8-9,11-12,17H,7,10,13-15H2,1H3,(H,22,27)/t17-/m1/s1. The molecule has 3 aromatic rings. The van der Waals surface area contributed by atoms with Crippen LogP contribution in [0.15, 0.2) is 55.0 Å². The van der Waals surface area contributed by atoms with Gasteiger partial charge in [-0.2, -0.15) is 5.10 Å². The molecule has 0 aliphatic carbocycles. The summed E-state index contributed by atoms with van der Waals surface area (Å²) in [5.74, 6) is -0.0376. The van der Waals surface area contributed by atoms with Crippen LogP contribution in [0, 0.1) is 0 Å². The van der Waals surface area contributed by atoms with E-state index >= 15 is 0 Å². The van der Waals surface area contributed by atoms with Gasteiger partial charge in [0.15, 0.2) is 0 Å². The Hall–Kier alpha value is -2.93. The van der Waals surface area contributed by atoms with E-state index in [-0.39, 0.29) is 11.9 Å². The molecule has 0 bridgehead atoms. The zero-order valence-electron chi connectivity index (χ0n) is 15.5. The Morgan fingerprint density at radius 1 is 1.22 bits per heavy atom. The predicted molar refractivity (Wildman–Crippen MR) is 102 cm³/mol. The minimum atomic E-state index is -0.0376. The Balaban J connectivity index is 1.38. The second-order valence-corrected chi connectivity index (χ2v) is 6.96. The van der Waals surface area contributed by atoms with Crippen LogP contribution in [0.4, 0.5) is 0 Å². The largest absolute Gasteiger partial charge is 0.351 e. The van der Waals surface area contributed by atoms with Crippen LogP contribution in [-0.4, -0.2) is 43.2 Å². The van der Waals surface area contributed by atoms with E-state index in [9.17, 15) is 4.79 Å². The predicted octanol–water partition coefficient (Wildman–Crippen LogP) is 1.99. The number of pyridine rings is 1. The van der Waals surface area contributed by atoms with Gasteiger partial charge >= 0.3 is 0 Å². The molecule has 1 aliphatic heterocycles. The van der Waals surface area contributed by atoms with Gasteiger partial charge < -0.3 is 9.88 Å². The molecular weight excluding hydrogens is 340 g/mol. The lowest BCUT2D eigenvalue weighted by atomic mass is 10.1. The summed E-state index contributed by atoms with van der Waals surface area (Å²) in [7, 11) is 1.88. The number of nitrogens with zero attached hydrogens (tertiary/aromatic N) is 5. The first-order valence-electron chi connectivity index (χ1n) is 9.25. The van der Waals surface area contributed by atoms with Gasteiger partial charge in [-0.25, -0.2) is 0 Å². The number of rotatable bonds is 6. The summed E-state index contributed by atoms with van der Waals surface area (Å²) in [6, 6.07) is 12.0. The number of amides is 1. The van der Waals surface area contributed by atoms with Gasteiger partial charge in [0.2, 0.25) is 0 Å². The van der Waals surface area contributed by atoms with E-state index in [1.54, 1.807) is 0 Å². The second kappa shape index (κ2) is 7.75. The number of carbonyl (C=O) groups is 1. The third-order valence-electron chi connectivity index (χ3n) is 5.00. The fourth-order valence-corrected chi connectivity index (χ4v) is 3.66. The fourth-order valence-electron chi connectivity index (χ4n) is 3.66. The molecule has 0 spiro atoms. The topological polar surface area (TPSA) is 68.0 Å². The van der Waals surface area contributed by atoms with Crippen molar-refractivity contribution < 1.29 is 4.79 Å². The summed E-state index contributed by atoms with van der Waals surface area (Å²) in [6.45, 7) is 3.19. The number of nitrogens with one attached hydrogen (secondary N) is 1. The van der Waals surface area contributed by atoms with E-state index in [2.05, 4.69) is 37.1 Å². The second-order valence-electron chi connectivity index (χ2n) is 6.96. The van der Waals surface area contributed by atoms with E-state index in [0.29, 0.717) is 12.2 Å². The highest BCUT2D eigenvalue weighted by Gasteiger charge is 2.25. The first-order chi connectivity index (χ1) is 13.2. The average Bonchev–Trinajstić information content (AvgIpc) is 3.31. The normalized spacial score (nSPS) is 16.9. The molecule has 0 unspecified atom stereocenters. The van der Waals surface area contributed by atoms with Gasteiger partial charge in [0.1, 0.15) is 5.69 Å². The molecule has 0 radical (unpaired) electrons. The summed E-state index contributed by atoms with van der Waals surface area (Å²) in [5.41, 5.74) is 2.95. The van der Waals surface area contributed by atoms with Gasteiger partial charge in [-0.05, 0) is 36.8 Å². The van der Waals surface area contributed by atoms with Crippen LogP contribution in [-0.2, 0) is 20.1 Å². The molecule has 0 saturated heterocycles. The molecular formula is C20H24N6O. The van der Waals surface area contributed by atoms with Crippen molar-refractivity contribution in [1.29, 1.82) is 0 Å². The monoisotopic (exact) mass is 364 g/mol. The molecule has 7 heteroatoms. The van der Waals surface area contributed by atoms with E-state index in [1.165, 1.54) is 5.69 Å². The smallest absolute Gasteiger partial charge is 0.267 e. The quantitative estimate of drug-likeness (QED) is 0.726. The van der Waals surface area contributed by atoms with Crippen molar-refractivity contribution in [2.45, 2.75) is 25.6 Å². The van der Waals surface area contributed by atoms with Crippen molar-refractivity contribution in [1.82, 2.24) is 29.5 Å². The van der Waals surface area contributed by atoms with Crippen LogP contribution in [0.5, 0.6) is 0 Å². The Labute approximate surface area is 158 Å². The van der Waals surface area contributed by atoms with Crippen LogP contribution in [0.3, 0.4) is 0 Å². The van der Waals surface area contributed by atoms with Gasteiger partial charge in [-0.1, -0.05) is 6.07 Å². The van der Waals surface area contributed by atoms with Crippen LogP contribution >= 0.6 is 0 Å². The van der Waals surface area contributed by atoms with Gasteiger partial charge in [0.05, 0.1) is 17.4 Å². The third kappa shape index (κ3) is 3.93. The molecule has 0 fully saturated rings. The maximum atomic E-state index is 12.3. The van der Waals surface area contributed by atoms with Crippen molar-refractivity contribution in [3.8, 4) is 0 Å². The molecule has 7 nitrogen and oxygen atoms in total. The minimum absolute atomic E-state index is 0.0376. The van der Waals surface area contributed by atoms with E-state index in [1.807, 2.05) is 54.5 Å². The zero-order valence-corrected chi connectivity index (χ0v) is 15.5. The lowest BCUT2D eigenvalue weighted by Gasteiger charge is -2.33. The summed E-state index contributed by atoms with van der Waals surface area (Å²) >= 11 is 0. The number of aromatic nitrogens is 4. The van der Waals surface area contributed by atoms with Crippen molar-refractivity contribution in [3.05, 3.63) is 72.1 Å². The molecule has 0 aromatic carbocycles. The van der Waals surface area contributed by atoms with Crippen molar-refractivity contribution in [3.63, 3.8) is 0 Å². The Kier molecular flexibility index (Phi) is 5.02. The minimum Gasteiger partial charge on any atom is -0.351 e. The highest BCUT2D eigenvalue weighted by molar-refractivity contribution is 5.92. The first kappa shape index (κ1) is 17.5. The Morgan fingerprint density at radius 3 is 2.93 bits per heavy atom. The van der Waals surface area contributed by atoms with Crippen LogP contribution < -0.4 is 5.32 Å². The molecule has 1 aliphatic rings. The number of aryl methyl sites for hydroxylation is 1. The summed E-state index contributed by atoms with van der Waals surface area (Å²) in [6.07, 6.45) is 6.40. The molecule has 4 rings (SSSR count). The fraction of sp³-hybridized carbons (Fsp3) is 0.350. The highest BCUT2D eigenvalue weighted by Crippen LogP contribution is 2.23. The SMILES string of the molecule is Cn1cccc1C(=O)NCC[C@@H]1CN(Cc2ccccn2)Cc2ccnn21. The number of carbonyl (C=O) groups excluding carboxylic acids is 1. The first-order valence-corrected chi connectivity index (χ1v) is 9.25. The summed E-state index contributed by atoms with van der Waals surface area (Å²) < 4.78 is 3.93. The van der Waals surface area contributed by atoms with Crippen molar-refractivity contribution >= 4 is 5.91 Å². The number of fused-ring (bicyclic) bond motifs is 1. The maximum Gasteiger partial charge on any atom is 0.267 e. The number of hydrogen-bond donors (Lipinski definition) is 1. The van der Waals surface area contributed by atoms with Crippen LogP contribution in [0.2, 0.25) is 0 Å². The molecule has 3 aromatic heterocycles. The molecule has 1 N–H and O–H groups in total. The molecule has 0 saturated carbocycles. The Bertz CT molecular complexity index is 900. The van der Waals surface area contributed by atoms with Gasteiger partial charge in [0, 0.05) is 51.8 Å². The Morgan fingerprint density at radius 2 is 2.15 bits per heavy atom. The van der Waals surface area contributed by atoms with E-state index < -0.39 is 0 Å². The van der Waals surface area contributed by atoms with E-state index in [4.69, 9.17) is 0 Å². The van der Waals surface area contributed by atoms with Crippen molar-refractivity contribution in [2.24, 2.45) is 7.05 Å². The lowest BCUT2D eigenvalue weighted by molar-refractivity contribution is 0.0939. The molecule has 4 heterocycles.